The highest BCUT2D eigenvalue weighted by Crippen LogP contribution is 2.40. The van der Waals surface area contributed by atoms with E-state index in [0.29, 0.717) is 18.1 Å². The molecule has 1 aromatic carbocycles. The maximum atomic E-state index is 13.3. The van der Waals surface area contributed by atoms with Crippen LogP contribution in [0.1, 0.15) is 30.6 Å². The third-order valence-corrected chi connectivity index (χ3v) is 7.22. The van der Waals surface area contributed by atoms with E-state index in [1.807, 2.05) is 0 Å². The van der Waals surface area contributed by atoms with Gasteiger partial charge in [0, 0.05) is 24.4 Å². The third-order valence-electron chi connectivity index (χ3n) is 4.88. The maximum absolute atomic E-state index is 13.3. The smallest absolute Gasteiger partial charge is 0.416 e. The molecular formula is C19H18F5NO4S. The second-order valence-corrected chi connectivity index (χ2v) is 9.01. The van der Waals surface area contributed by atoms with E-state index < -0.39 is 50.4 Å². The highest BCUT2D eigenvalue weighted by Gasteiger charge is 2.43. The van der Waals surface area contributed by atoms with Gasteiger partial charge in [0.05, 0.1) is 15.7 Å². The van der Waals surface area contributed by atoms with Crippen LogP contribution in [0.2, 0.25) is 0 Å². The van der Waals surface area contributed by atoms with E-state index in [4.69, 9.17) is 4.74 Å². The molecule has 3 unspecified atom stereocenters. The minimum absolute atomic E-state index is 0.232. The fourth-order valence-electron chi connectivity index (χ4n) is 3.42. The number of sulfone groups is 1. The first kappa shape index (κ1) is 22.4. The number of hydrogen-bond donors (Lipinski definition) is 0. The normalized spacial score (nSPS) is 22.8. The lowest BCUT2D eigenvalue weighted by molar-refractivity contribution is -0.137. The molecule has 0 aliphatic carbocycles. The second-order valence-electron chi connectivity index (χ2n) is 6.90. The number of benzene rings is 1. The quantitative estimate of drug-likeness (QED) is 0.620. The molecule has 0 N–H and O–H groups in total. The van der Waals surface area contributed by atoms with Crippen LogP contribution in [-0.2, 0) is 20.8 Å². The average molecular weight is 451 g/mol. The molecule has 2 heterocycles. The Morgan fingerprint density at radius 1 is 1.20 bits per heavy atom. The number of aromatic nitrogens is 1. The zero-order chi connectivity index (χ0) is 22.1. The van der Waals surface area contributed by atoms with E-state index in [1.165, 1.54) is 6.07 Å². The monoisotopic (exact) mass is 451 g/mol. The first-order chi connectivity index (χ1) is 14.0. The van der Waals surface area contributed by atoms with Gasteiger partial charge in [0.2, 0.25) is 5.88 Å². The van der Waals surface area contributed by atoms with E-state index in [9.17, 15) is 30.4 Å². The lowest BCUT2D eigenvalue weighted by atomic mass is 9.93. The van der Waals surface area contributed by atoms with Crippen LogP contribution >= 0.6 is 0 Å². The summed E-state index contributed by atoms with van der Waals surface area (Å²) in [6.07, 6.45) is -4.17. The van der Waals surface area contributed by atoms with E-state index in [0.717, 1.165) is 30.5 Å². The van der Waals surface area contributed by atoms with Crippen LogP contribution in [-0.4, -0.2) is 31.9 Å². The first-order valence-electron chi connectivity index (χ1n) is 8.93. The van der Waals surface area contributed by atoms with Gasteiger partial charge in [-0.2, -0.15) is 22.0 Å². The predicted octanol–water partition coefficient (Wildman–Crippen LogP) is 4.64. The Morgan fingerprint density at radius 2 is 1.93 bits per heavy atom. The number of rotatable bonds is 5. The van der Waals surface area contributed by atoms with E-state index in [2.05, 4.69) is 9.72 Å². The van der Waals surface area contributed by atoms with Gasteiger partial charge < -0.3 is 9.47 Å². The molecule has 1 aliphatic heterocycles. The molecule has 0 saturated carbocycles. The van der Waals surface area contributed by atoms with Gasteiger partial charge in [-0.3, -0.25) is 0 Å². The highest BCUT2D eigenvalue weighted by molar-refractivity contribution is 7.92. The standard InChI is InChI=1S/C19H18F5NO4S/c1-11-7-8-28-16(12-5-6-15(25-10-12)29-18(20)21)17(11)30(26,27)14-4-2-3-13(9-14)19(22,23)24/h2-6,9-11,16-18H,7-8H2,1H3. The Labute approximate surface area is 169 Å². The van der Waals surface area contributed by atoms with Gasteiger partial charge in [-0.15, -0.1) is 0 Å². The van der Waals surface area contributed by atoms with Crippen molar-refractivity contribution in [1.29, 1.82) is 0 Å². The van der Waals surface area contributed by atoms with Crippen LogP contribution in [0.4, 0.5) is 22.0 Å². The average Bonchev–Trinajstić information content (AvgIpc) is 2.67. The number of hydrogen-bond acceptors (Lipinski definition) is 5. The molecule has 30 heavy (non-hydrogen) atoms. The number of halogens is 5. The molecule has 0 bridgehead atoms. The summed E-state index contributed by atoms with van der Waals surface area (Å²) >= 11 is 0. The number of ether oxygens (including phenoxy) is 2. The Balaban J connectivity index is 1.98. The van der Waals surface area contributed by atoms with E-state index >= 15 is 0 Å². The summed E-state index contributed by atoms with van der Waals surface area (Å²) in [5, 5.41) is -1.18. The van der Waals surface area contributed by atoms with Crippen LogP contribution in [0, 0.1) is 5.92 Å². The molecule has 1 aliphatic rings. The molecule has 1 fully saturated rings. The topological polar surface area (TPSA) is 65.5 Å². The number of nitrogens with zero attached hydrogens (tertiary/aromatic N) is 1. The van der Waals surface area contributed by atoms with Crippen molar-refractivity contribution in [2.24, 2.45) is 5.92 Å². The zero-order valence-corrected chi connectivity index (χ0v) is 16.5. The molecular weight excluding hydrogens is 433 g/mol. The van der Waals surface area contributed by atoms with Crippen molar-refractivity contribution < 1.29 is 39.8 Å². The first-order valence-corrected chi connectivity index (χ1v) is 10.5. The van der Waals surface area contributed by atoms with Gasteiger partial charge in [-0.1, -0.05) is 13.0 Å². The Kier molecular flexibility index (Phi) is 6.32. The van der Waals surface area contributed by atoms with Crippen LogP contribution in [0.25, 0.3) is 0 Å². The molecule has 0 spiro atoms. The van der Waals surface area contributed by atoms with Crippen LogP contribution in [0.15, 0.2) is 47.5 Å². The van der Waals surface area contributed by atoms with Crippen molar-refractivity contribution in [3.8, 4) is 5.88 Å². The SMILES string of the molecule is CC1CCOC(c2ccc(OC(F)F)nc2)C1S(=O)(=O)c1cccc(C(F)(F)F)c1. The molecule has 2 aromatic rings. The van der Waals surface area contributed by atoms with Crippen molar-refractivity contribution in [2.75, 3.05) is 6.61 Å². The summed E-state index contributed by atoms with van der Waals surface area (Å²) in [5.74, 6) is -0.782. The minimum Gasteiger partial charge on any atom is -0.417 e. The van der Waals surface area contributed by atoms with Gasteiger partial charge >= 0.3 is 12.8 Å². The summed E-state index contributed by atoms with van der Waals surface area (Å²) in [5.41, 5.74) is -0.775. The third kappa shape index (κ3) is 4.72. The summed E-state index contributed by atoms with van der Waals surface area (Å²) in [7, 11) is -4.22. The Hall–Kier alpha value is -2.27. The summed E-state index contributed by atoms with van der Waals surface area (Å²) in [4.78, 5) is 3.27. The van der Waals surface area contributed by atoms with Gasteiger partial charge in [0.25, 0.3) is 0 Å². The van der Waals surface area contributed by atoms with E-state index in [-0.39, 0.29) is 12.5 Å². The molecule has 0 amide bonds. The van der Waals surface area contributed by atoms with Gasteiger partial charge in [0.1, 0.15) is 6.10 Å². The summed E-state index contributed by atoms with van der Waals surface area (Å²) in [6, 6.07) is 6.05. The highest BCUT2D eigenvalue weighted by atomic mass is 32.2. The van der Waals surface area contributed by atoms with Crippen LogP contribution < -0.4 is 4.74 Å². The van der Waals surface area contributed by atoms with Crippen molar-refractivity contribution in [1.82, 2.24) is 4.98 Å². The minimum atomic E-state index is -4.69. The molecule has 1 saturated heterocycles. The number of pyridine rings is 1. The van der Waals surface area contributed by atoms with Gasteiger partial charge in [-0.25, -0.2) is 13.4 Å². The lowest BCUT2D eigenvalue weighted by Crippen LogP contribution is -2.40. The maximum Gasteiger partial charge on any atom is 0.416 e. The second kappa shape index (κ2) is 8.46. The summed E-state index contributed by atoms with van der Waals surface area (Å²) < 4.78 is 100. The van der Waals surface area contributed by atoms with Crippen LogP contribution in [0.5, 0.6) is 5.88 Å². The largest absolute Gasteiger partial charge is 0.417 e. The van der Waals surface area contributed by atoms with Gasteiger partial charge in [-0.05, 0) is 36.6 Å². The Bertz CT molecular complexity index is 979. The van der Waals surface area contributed by atoms with Gasteiger partial charge in [0.15, 0.2) is 9.84 Å². The fraction of sp³-hybridized carbons (Fsp3) is 0.421. The molecule has 164 valence electrons. The van der Waals surface area contributed by atoms with Crippen molar-refractivity contribution in [3.05, 3.63) is 53.7 Å². The molecule has 1 aromatic heterocycles. The molecule has 5 nitrogen and oxygen atoms in total. The van der Waals surface area contributed by atoms with Crippen molar-refractivity contribution in [2.45, 2.75) is 42.4 Å². The fourth-order valence-corrected chi connectivity index (χ4v) is 5.60. The summed E-state index contributed by atoms with van der Waals surface area (Å²) in [6.45, 7) is -1.16. The number of alkyl halides is 5. The molecule has 11 heteroatoms. The van der Waals surface area contributed by atoms with Crippen LogP contribution in [0.3, 0.4) is 0 Å². The van der Waals surface area contributed by atoms with Crippen molar-refractivity contribution in [3.63, 3.8) is 0 Å². The predicted molar refractivity (Wildman–Crippen MR) is 95.8 cm³/mol. The van der Waals surface area contributed by atoms with E-state index in [1.54, 1.807) is 6.92 Å². The van der Waals surface area contributed by atoms with Crippen molar-refractivity contribution >= 4 is 9.84 Å². The molecule has 0 radical (unpaired) electrons. The lowest BCUT2D eigenvalue weighted by Gasteiger charge is -2.36. The Morgan fingerprint density at radius 3 is 2.53 bits per heavy atom. The molecule has 3 rings (SSSR count). The molecule has 3 atom stereocenters. The zero-order valence-electron chi connectivity index (χ0n) is 15.6.